The van der Waals surface area contributed by atoms with E-state index in [1.54, 1.807) is 0 Å². The summed E-state index contributed by atoms with van der Waals surface area (Å²) < 4.78 is 0. The highest BCUT2D eigenvalue weighted by atomic mass is 16.3. The van der Waals surface area contributed by atoms with Crippen molar-refractivity contribution in [3.05, 3.63) is 0 Å². The molecule has 0 amide bonds. The van der Waals surface area contributed by atoms with Gasteiger partial charge in [-0.3, -0.25) is 0 Å². The Morgan fingerprint density at radius 3 is 2.27 bits per heavy atom. The average molecular weight is 308 g/mol. The van der Waals surface area contributed by atoms with Crippen LogP contribution in [0.2, 0.25) is 0 Å². The second-order valence-corrected chi connectivity index (χ2v) is 9.38. The van der Waals surface area contributed by atoms with Gasteiger partial charge >= 0.3 is 0 Å². The van der Waals surface area contributed by atoms with E-state index in [-0.39, 0.29) is 11.5 Å². The molecular weight excluding hydrogens is 276 g/mol. The van der Waals surface area contributed by atoms with Crippen LogP contribution < -0.4 is 0 Å². The average Bonchev–Trinajstić information content (AvgIpc) is 2.72. The predicted molar refractivity (Wildman–Crippen MR) is 85.1 cm³/mol. The molecule has 0 spiro atoms. The molecule has 126 valence electrons. The minimum Gasteiger partial charge on any atom is -0.393 e. The van der Waals surface area contributed by atoms with Crippen molar-refractivity contribution in [3.8, 4) is 0 Å². The minimum atomic E-state index is -0.530. The zero-order chi connectivity index (χ0) is 15.7. The summed E-state index contributed by atoms with van der Waals surface area (Å²) in [7, 11) is 0. The number of aliphatic hydroxyl groups is 3. The molecule has 3 heteroatoms. The van der Waals surface area contributed by atoms with Crippen molar-refractivity contribution in [3.63, 3.8) is 0 Å². The summed E-state index contributed by atoms with van der Waals surface area (Å²) >= 11 is 0. The van der Waals surface area contributed by atoms with Gasteiger partial charge in [-0.25, -0.2) is 0 Å². The Labute approximate surface area is 134 Å². The number of rotatable bonds is 0. The highest BCUT2D eigenvalue weighted by molar-refractivity contribution is 5.11. The topological polar surface area (TPSA) is 60.7 Å². The molecule has 0 bridgehead atoms. The molecule has 0 saturated heterocycles. The summed E-state index contributed by atoms with van der Waals surface area (Å²) in [4.78, 5) is 0. The lowest BCUT2D eigenvalue weighted by Gasteiger charge is -2.60. The van der Waals surface area contributed by atoms with Crippen LogP contribution in [-0.2, 0) is 0 Å². The van der Waals surface area contributed by atoms with E-state index in [4.69, 9.17) is 0 Å². The fraction of sp³-hybridized carbons (Fsp3) is 1.00. The fourth-order valence-electron chi connectivity index (χ4n) is 7.22. The monoisotopic (exact) mass is 308 g/mol. The standard InChI is InChI=1S/C19H32O3/c1-18-7-5-12(20)9-11(18)3-4-13-14(18)6-8-19(2)15(13)10-16(21)17(19)22/h11-17,20-22H,3-10H2,1-2H3/t11-,12+,13+,14-,15+,16+,17-,18+,19+/m0/s1. The molecular formula is C19H32O3. The van der Waals surface area contributed by atoms with Crippen molar-refractivity contribution in [2.45, 2.75) is 83.5 Å². The Morgan fingerprint density at radius 2 is 1.50 bits per heavy atom. The van der Waals surface area contributed by atoms with E-state index in [0.717, 1.165) is 38.0 Å². The van der Waals surface area contributed by atoms with E-state index in [1.807, 2.05) is 0 Å². The minimum absolute atomic E-state index is 0.0715. The Bertz CT molecular complexity index is 452. The third kappa shape index (κ3) is 1.91. The number of hydrogen-bond donors (Lipinski definition) is 3. The van der Waals surface area contributed by atoms with Gasteiger partial charge in [0.1, 0.15) is 0 Å². The number of fused-ring (bicyclic) bond motifs is 5. The highest BCUT2D eigenvalue weighted by Gasteiger charge is 2.61. The first kappa shape index (κ1) is 15.4. The molecule has 0 aromatic carbocycles. The van der Waals surface area contributed by atoms with Gasteiger partial charge in [0.25, 0.3) is 0 Å². The lowest BCUT2D eigenvalue weighted by molar-refractivity contribution is -0.135. The summed E-state index contributed by atoms with van der Waals surface area (Å²) in [5, 5.41) is 30.8. The molecule has 22 heavy (non-hydrogen) atoms. The van der Waals surface area contributed by atoms with E-state index in [0.29, 0.717) is 23.2 Å². The van der Waals surface area contributed by atoms with Gasteiger partial charge in [0, 0.05) is 0 Å². The van der Waals surface area contributed by atoms with Crippen LogP contribution in [-0.4, -0.2) is 33.6 Å². The largest absolute Gasteiger partial charge is 0.393 e. The van der Waals surface area contributed by atoms with Crippen molar-refractivity contribution in [2.75, 3.05) is 0 Å². The van der Waals surface area contributed by atoms with E-state index in [2.05, 4.69) is 13.8 Å². The maximum Gasteiger partial charge on any atom is 0.0855 e. The molecule has 0 aromatic rings. The summed E-state index contributed by atoms with van der Waals surface area (Å²) in [5.41, 5.74) is 0.305. The van der Waals surface area contributed by atoms with Gasteiger partial charge in [-0.2, -0.15) is 0 Å². The van der Waals surface area contributed by atoms with Crippen LogP contribution in [0.3, 0.4) is 0 Å². The molecule has 4 saturated carbocycles. The summed E-state index contributed by atoms with van der Waals surface area (Å²) in [5.74, 6) is 2.57. The molecule has 4 aliphatic carbocycles. The third-order valence-corrected chi connectivity index (χ3v) is 8.61. The molecule has 0 unspecified atom stereocenters. The quantitative estimate of drug-likeness (QED) is 0.645. The van der Waals surface area contributed by atoms with Crippen molar-refractivity contribution in [1.29, 1.82) is 0 Å². The van der Waals surface area contributed by atoms with Gasteiger partial charge in [-0.1, -0.05) is 13.8 Å². The zero-order valence-corrected chi connectivity index (χ0v) is 14.0. The fourth-order valence-corrected chi connectivity index (χ4v) is 7.22. The number of aliphatic hydroxyl groups excluding tert-OH is 3. The van der Waals surface area contributed by atoms with Crippen LogP contribution in [0.15, 0.2) is 0 Å². The Morgan fingerprint density at radius 1 is 0.773 bits per heavy atom. The first-order valence-electron chi connectivity index (χ1n) is 9.40. The van der Waals surface area contributed by atoms with Gasteiger partial charge in [-0.05, 0) is 85.9 Å². The summed E-state index contributed by atoms with van der Waals surface area (Å²) in [6.45, 7) is 4.69. The van der Waals surface area contributed by atoms with Gasteiger partial charge in [0.15, 0.2) is 0 Å². The highest BCUT2D eigenvalue weighted by Crippen LogP contribution is 2.66. The zero-order valence-electron chi connectivity index (χ0n) is 14.0. The van der Waals surface area contributed by atoms with E-state index in [9.17, 15) is 15.3 Å². The van der Waals surface area contributed by atoms with E-state index in [1.165, 1.54) is 19.3 Å². The van der Waals surface area contributed by atoms with Crippen LogP contribution >= 0.6 is 0 Å². The molecule has 9 atom stereocenters. The maximum absolute atomic E-state index is 10.5. The van der Waals surface area contributed by atoms with Gasteiger partial charge in [-0.15, -0.1) is 0 Å². The molecule has 4 rings (SSSR count). The molecule has 4 fully saturated rings. The molecule has 0 heterocycles. The lowest BCUT2D eigenvalue weighted by Crippen LogP contribution is -2.54. The van der Waals surface area contributed by atoms with Crippen LogP contribution in [0.1, 0.15) is 65.2 Å². The smallest absolute Gasteiger partial charge is 0.0855 e. The first-order valence-corrected chi connectivity index (χ1v) is 9.40. The first-order chi connectivity index (χ1) is 10.4. The normalized spacial score (nSPS) is 61.2. The predicted octanol–water partition coefficient (Wildman–Crippen LogP) is 2.72. The third-order valence-electron chi connectivity index (χ3n) is 8.61. The van der Waals surface area contributed by atoms with Crippen LogP contribution in [0.5, 0.6) is 0 Å². The second kappa shape index (κ2) is 4.94. The summed E-state index contributed by atoms with van der Waals surface area (Å²) in [6.07, 6.45) is 7.49. The molecule has 0 aliphatic heterocycles. The Balaban J connectivity index is 1.63. The molecule has 0 aromatic heterocycles. The van der Waals surface area contributed by atoms with Gasteiger partial charge in [0.05, 0.1) is 18.3 Å². The molecule has 4 aliphatic rings. The Hall–Kier alpha value is -0.120. The second-order valence-electron chi connectivity index (χ2n) is 9.38. The van der Waals surface area contributed by atoms with Crippen LogP contribution in [0.25, 0.3) is 0 Å². The van der Waals surface area contributed by atoms with E-state index >= 15 is 0 Å². The lowest BCUT2D eigenvalue weighted by atomic mass is 9.45. The van der Waals surface area contributed by atoms with Crippen molar-refractivity contribution < 1.29 is 15.3 Å². The number of hydrogen-bond acceptors (Lipinski definition) is 3. The van der Waals surface area contributed by atoms with Crippen molar-refractivity contribution >= 4 is 0 Å². The molecule has 3 N–H and O–H groups in total. The summed E-state index contributed by atoms with van der Waals surface area (Å²) in [6, 6.07) is 0. The van der Waals surface area contributed by atoms with Crippen LogP contribution in [0.4, 0.5) is 0 Å². The van der Waals surface area contributed by atoms with E-state index < -0.39 is 12.2 Å². The van der Waals surface area contributed by atoms with Crippen LogP contribution in [0, 0.1) is 34.5 Å². The van der Waals surface area contributed by atoms with Gasteiger partial charge in [0.2, 0.25) is 0 Å². The molecule has 0 radical (unpaired) electrons. The SMILES string of the molecule is C[C@@]12CC[C@H]3[C@@H](CC[C@H]4C[C@H](O)CC[C@]43C)[C@H]1C[C@@H](O)[C@@H]2O. The van der Waals surface area contributed by atoms with Gasteiger partial charge < -0.3 is 15.3 Å². The van der Waals surface area contributed by atoms with Crippen molar-refractivity contribution in [2.24, 2.45) is 34.5 Å². The van der Waals surface area contributed by atoms with Crippen molar-refractivity contribution in [1.82, 2.24) is 0 Å². The maximum atomic E-state index is 10.5. The molecule has 3 nitrogen and oxygen atoms in total. The Kier molecular flexibility index (Phi) is 3.46.